The highest BCUT2D eigenvalue weighted by molar-refractivity contribution is 6.28. The summed E-state index contributed by atoms with van der Waals surface area (Å²) in [6.07, 6.45) is -5.82. The molecule has 7 nitrogen and oxygen atoms in total. The van der Waals surface area contributed by atoms with Gasteiger partial charge in [0.2, 0.25) is 0 Å². The summed E-state index contributed by atoms with van der Waals surface area (Å²) in [4.78, 5) is 34.5. The van der Waals surface area contributed by atoms with Gasteiger partial charge in [-0.2, -0.15) is 13.2 Å². The van der Waals surface area contributed by atoms with Gasteiger partial charge in [-0.3, -0.25) is 19.7 Å². The molecule has 0 spiro atoms. The van der Waals surface area contributed by atoms with Crippen molar-refractivity contribution < 1.29 is 37.3 Å². The number of nitrogens with zero attached hydrogens (tertiary/aromatic N) is 2. The van der Waals surface area contributed by atoms with Crippen molar-refractivity contribution in [3.63, 3.8) is 0 Å². The molecule has 0 bridgehead atoms. The molecule has 1 aromatic heterocycles. The second-order valence-corrected chi connectivity index (χ2v) is 6.68. The van der Waals surface area contributed by atoms with E-state index < -0.39 is 30.0 Å². The molecule has 2 heterocycles. The first-order valence-electron chi connectivity index (χ1n) is 8.38. The third-order valence-electron chi connectivity index (χ3n) is 4.73. The van der Waals surface area contributed by atoms with Gasteiger partial charge in [-0.1, -0.05) is 18.7 Å². The van der Waals surface area contributed by atoms with Gasteiger partial charge in [0.05, 0.1) is 12.1 Å². The number of hydrogen-bond donors (Lipinski definition) is 1. The van der Waals surface area contributed by atoms with Crippen LogP contribution in [0, 0.1) is 0 Å². The lowest BCUT2D eigenvalue weighted by atomic mass is 9.93. The Kier molecular flexibility index (Phi) is 4.21. The summed E-state index contributed by atoms with van der Waals surface area (Å²) in [7, 11) is 0. The summed E-state index contributed by atoms with van der Waals surface area (Å²) < 4.78 is 44.0. The second-order valence-electron chi connectivity index (χ2n) is 6.68. The highest BCUT2D eigenvalue weighted by Gasteiger charge is 2.40. The van der Waals surface area contributed by atoms with Gasteiger partial charge in [-0.15, -0.1) is 0 Å². The summed E-state index contributed by atoms with van der Waals surface area (Å²) in [5, 5.41) is 9.39. The summed E-state index contributed by atoms with van der Waals surface area (Å²) in [5.41, 5.74) is 0.171. The predicted octanol–water partition coefficient (Wildman–Crippen LogP) is 4.03. The zero-order valence-corrected chi connectivity index (χ0v) is 14.9. The molecule has 29 heavy (non-hydrogen) atoms. The fourth-order valence-electron chi connectivity index (χ4n) is 3.33. The number of hydrogen-bond acceptors (Lipinski definition) is 6. The number of aromatic nitrogens is 1. The molecular formula is C19H13F3N2O5. The van der Waals surface area contributed by atoms with Crippen LogP contribution in [0.1, 0.15) is 33.5 Å². The Morgan fingerprint density at radius 3 is 2.62 bits per heavy atom. The maximum absolute atomic E-state index is 13.0. The maximum Gasteiger partial charge on any atom is 0.468 e. The quantitative estimate of drug-likeness (QED) is 0.304. The van der Waals surface area contributed by atoms with E-state index in [1.807, 2.05) is 0 Å². The minimum absolute atomic E-state index is 0.00290. The number of alkyl halides is 3. The Bertz CT molecular complexity index is 1200. The van der Waals surface area contributed by atoms with Crippen molar-refractivity contribution in [3.05, 3.63) is 53.4 Å². The molecule has 0 saturated carbocycles. The first-order valence-corrected chi connectivity index (χ1v) is 8.38. The topological polar surface area (TPSA) is 92.9 Å². The van der Waals surface area contributed by atoms with Crippen molar-refractivity contribution in [3.8, 4) is 0 Å². The lowest BCUT2D eigenvalue weighted by Gasteiger charge is -2.29. The van der Waals surface area contributed by atoms with Gasteiger partial charge in [0, 0.05) is 16.3 Å². The lowest BCUT2D eigenvalue weighted by Crippen LogP contribution is -2.45. The SMILES string of the molecule is C=C(C)C(CN1C(=O)c2cccc3c2c(cc2nc(C(F)(F)F)oc23)C1=O)OO. The Hall–Kier alpha value is -3.24. The molecular weight excluding hydrogens is 393 g/mol. The van der Waals surface area contributed by atoms with Crippen LogP contribution in [0.3, 0.4) is 0 Å². The zero-order chi connectivity index (χ0) is 21.1. The lowest BCUT2D eigenvalue weighted by molar-refractivity contribution is -0.268. The zero-order valence-electron chi connectivity index (χ0n) is 14.9. The van der Waals surface area contributed by atoms with E-state index in [2.05, 4.69) is 16.5 Å². The van der Waals surface area contributed by atoms with Crippen LogP contribution in [0.4, 0.5) is 13.2 Å². The molecule has 1 atom stereocenters. The van der Waals surface area contributed by atoms with Crippen LogP contribution >= 0.6 is 0 Å². The van der Waals surface area contributed by atoms with Crippen molar-refractivity contribution in [1.82, 2.24) is 9.88 Å². The fourth-order valence-corrected chi connectivity index (χ4v) is 3.33. The van der Waals surface area contributed by atoms with E-state index in [0.717, 1.165) is 11.0 Å². The summed E-state index contributed by atoms with van der Waals surface area (Å²) in [6, 6.07) is 5.55. The van der Waals surface area contributed by atoms with Crippen molar-refractivity contribution in [2.75, 3.05) is 6.54 Å². The van der Waals surface area contributed by atoms with Gasteiger partial charge in [0.25, 0.3) is 11.8 Å². The van der Waals surface area contributed by atoms with Crippen LogP contribution in [-0.4, -0.2) is 39.6 Å². The first kappa shape index (κ1) is 19.1. The van der Waals surface area contributed by atoms with Gasteiger partial charge in [-0.05, 0) is 24.6 Å². The van der Waals surface area contributed by atoms with Crippen LogP contribution in [-0.2, 0) is 11.1 Å². The molecule has 2 aromatic carbocycles. The molecule has 1 unspecified atom stereocenters. The Labute approximate surface area is 160 Å². The van der Waals surface area contributed by atoms with Gasteiger partial charge >= 0.3 is 12.1 Å². The number of halogens is 3. The first-order chi connectivity index (χ1) is 13.6. The molecule has 1 aliphatic heterocycles. The molecule has 10 heteroatoms. The van der Waals surface area contributed by atoms with E-state index in [0.29, 0.717) is 5.57 Å². The Morgan fingerprint density at radius 2 is 2.00 bits per heavy atom. The average molecular weight is 406 g/mol. The fraction of sp³-hybridized carbons (Fsp3) is 0.211. The molecule has 1 N–H and O–H groups in total. The van der Waals surface area contributed by atoms with E-state index in [9.17, 15) is 22.8 Å². The molecule has 0 saturated heterocycles. The Morgan fingerprint density at radius 1 is 1.31 bits per heavy atom. The third kappa shape index (κ3) is 2.88. The van der Waals surface area contributed by atoms with E-state index in [-0.39, 0.29) is 39.5 Å². The highest BCUT2D eigenvalue weighted by atomic mass is 19.4. The third-order valence-corrected chi connectivity index (χ3v) is 4.73. The monoisotopic (exact) mass is 406 g/mol. The van der Waals surface area contributed by atoms with Crippen LogP contribution < -0.4 is 0 Å². The number of carbonyl (C=O) groups is 2. The van der Waals surface area contributed by atoms with Crippen LogP contribution in [0.5, 0.6) is 0 Å². The van der Waals surface area contributed by atoms with Gasteiger partial charge in [0.15, 0.2) is 5.58 Å². The van der Waals surface area contributed by atoms with E-state index in [1.165, 1.54) is 18.2 Å². The summed E-state index contributed by atoms with van der Waals surface area (Å²) >= 11 is 0. The number of amides is 2. The molecule has 0 fully saturated rings. The van der Waals surface area contributed by atoms with Crippen molar-refractivity contribution in [2.45, 2.75) is 19.2 Å². The normalized spacial score (nSPS) is 15.4. The smallest absolute Gasteiger partial charge is 0.432 e. The van der Waals surface area contributed by atoms with Crippen molar-refractivity contribution >= 4 is 33.7 Å². The maximum atomic E-state index is 13.0. The van der Waals surface area contributed by atoms with E-state index in [4.69, 9.17) is 9.67 Å². The molecule has 0 radical (unpaired) electrons. The van der Waals surface area contributed by atoms with Crippen LogP contribution in [0.15, 0.2) is 40.8 Å². The second kappa shape index (κ2) is 6.39. The van der Waals surface area contributed by atoms with E-state index in [1.54, 1.807) is 6.92 Å². The number of carbonyl (C=O) groups excluding carboxylic acids is 2. The van der Waals surface area contributed by atoms with Crippen LogP contribution in [0.2, 0.25) is 0 Å². The molecule has 0 aliphatic carbocycles. The van der Waals surface area contributed by atoms with Gasteiger partial charge in [0.1, 0.15) is 11.6 Å². The van der Waals surface area contributed by atoms with Gasteiger partial charge in [-0.25, -0.2) is 9.87 Å². The number of oxazole rings is 1. The molecule has 1 aliphatic rings. The molecule has 2 amide bonds. The summed E-state index contributed by atoms with van der Waals surface area (Å²) in [5.74, 6) is -2.87. The molecule has 3 aromatic rings. The number of imide groups is 1. The molecule has 4 rings (SSSR count). The minimum atomic E-state index is -4.80. The van der Waals surface area contributed by atoms with Crippen molar-refractivity contribution in [1.29, 1.82) is 0 Å². The highest BCUT2D eigenvalue weighted by Crippen LogP contribution is 2.38. The number of fused-ring (bicyclic) bond motifs is 2. The van der Waals surface area contributed by atoms with Crippen LogP contribution in [0.25, 0.3) is 21.9 Å². The largest absolute Gasteiger partial charge is 0.468 e. The van der Waals surface area contributed by atoms with Gasteiger partial charge < -0.3 is 4.42 Å². The summed E-state index contributed by atoms with van der Waals surface area (Å²) in [6.45, 7) is 4.86. The van der Waals surface area contributed by atoms with Crippen molar-refractivity contribution in [2.24, 2.45) is 0 Å². The molecule has 150 valence electrons. The number of rotatable bonds is 4. The standard InChI is InChI=1S/C19H13F3N2O5/c1-8(2)13(29-27)7-24-16(25)10-5-3-4-9-14(10)11(17(24)26)6-12-15(9)28-18(23-12)19(20,21)22/h3-6,13,27H,1,7H2,2H3. The average Bonchev–Trinajstić information content (AvgIpc) is 3.10. The predicted molar refractivity (Wildman–Crippen MR) is 94.2 cm³/mol. The van der Waals surface area contributed by atoms with E-state index >= 15 is 0 Å². The minimum Gasteiger partial charge on any atom is -0.432 e. The Balaban J connectivity index is 1.94. The number of benzene rings is 2.